The number of carbonyl (C=O) groups is 2. The van der Waals surface area contributed by atoms with Gasteiger partial charge in [-0.25, -0.2) is 14.8 Å². The third kappa shape index (κ3) is 5.02. The number of methoxy groups -OCH3 is 1. The number of amides is 3. The van der Waals surface area contributed by atoms with E-state index in [0.717, 1.165) is 80.6 Å². The van der Waals surface area contributed by atoms with Gasteiger partial charge in [0.2, 0.25) is 0 Å². The van der Waals surface area contributed by atoms with E-state index >= 15 is 0 Å². The minimum Gasteiger partial charge on any atom is -0.497 e. The number of fused-ring (bicyclic) bond motifs is 2. The molecule has 2 unspecified atom stereocenters. The van der Waals surface area contributed by atoms with Crippen molar-refractivity contribution in [1.82, 2.24) is 19.8 Å². The molecule has 1 aliphatic carbocycles. The van der Waals surface area contributed by atoms with E-state index in [-0.39, 0.29) is 18.0 Å². The number of ether oxygens (including phenoxy) is 1. The fourth-order valence-corrected chi connectivity index (χ4v) is 6.89. The smallest absolute Gasteiger partial charge is 0.322 e. The lowest BCUT2D eigenvalue weighted by Crippen LogP contribution is -2.49. The summed E-state index contributed by atoms with van der Waals surface area (Å²) in [7, 11) is 1.66. The molecule has 4 aliphatic rings. The van der Waals surface area contributed by atoms with Crippen LogP contribution in [0, 0.1) is 11.8 Å². The summed E-state index contributed by atoms with van der Waals surface area (Å²) >= 11 is 0. The van der Waals surface area contributed by atoms with Crippen LogP contribution in [0.2, 0.25) is 0 Å². The maximum Gasteiger partial charge on any atom is 0.322 e. The van der Waals surface area contributed by atoms with Gasteiger partial charge in [-0.2, -0.15) is 0 Å². The fourth-order valence-electron chi connectivity index (χ4n) is 6.89. The van der Waals surface area contributed by atoms with E-state index in [2.05, 4.69) is 20.2 Å². The van der Waals surface area contributed by atoms with E-state index in [1.807, 2.05) is 34.1 Å². The Morgan fingerprint density at radius 1 is 0.974 bits per heavy atom. The van der Waals surface area contributed by atoms with Crippen LogP contribution in [0.1, 0.15) is 61.0 Å². The highest BCUT2D eigenvalue weighted by atomic mass is 16.5. The van der Waals surface area contributed by atoms with Crippen LogP contribution in [0.4, 0.5) is 16.3 Å². The van der Waals surface area contributed by atoms with Crippen molar-refractivity contribution >= 4 is 23.4 Å². The van der Waals surface area contributed by atoms with Crippen LogP contribution in [0.3, 0.4) is 0 Å². The van der Waals surface area contributed by atoms with Crippen molar-refractivity contribution in [3.05, 3.63) is 41.9 Å². The lowest BCUT2D eigenvalue weighted by atomic mass is 9.75. The van der Waals surface area contributed by atoms with Gasteiger partial charge in [-0.3, -0.25) is 4.79 Å². The number of urea groups is 1. The summed E-state index contributed by atoms with van der Waals surface area (Å²) in [4.78, 5) is 41.4. The van der Waals surface area contributed by atoms with E-state index in [1.165, 1.54) is 32.0 Å². The van der Waals surface area contributed by atoms with Gasteiger partial charge in [0.25, 0.3) is 5.91 Å². The Labute approximate surface area is 224 Å². The van der Waals surface area contributed by atoms with E-state index in [4.69, 9.17) is 4.74 Å². The number of nitrogens with zero attached hydrogens (tertiary/aromatic N) is 5. The Morgan fingerprint density at radius 3 is 2.61 bits per heavy atom. The third-order valence-corrected chi connectivity index (χ3v) is 9.12. The van der Waals surface area contributed by atoms with Crippen LogP contribution in [0.25, 0.3) is 0 Å². The molecule has 0 spiro atoms. The zero-order valence-electron chi connectivity index (χ0n) is 22.3. The van der Waals surface area contributed by atoms with Crippen LogP contribution in [0.15, 0.2) is 30.6 Å². The monoisotopic (exact) mass is 518 g/mol. The number of piperidine rings is 2. The maximum atomic E-state index is 13.3. The van der Waals surface area contributed by atoms with Crippen molar-refractivity contribution in [1.29, 1.82) is 0 Å². The highest BCUT2D eigenvalue weighted by Crippen LogP contribution is 2.36. The summed E-state index contributed by atoms with van der Waals surface area (Å²) in [6.45, 7) is 3.95. The van der Waals surface area contributed by atoms with E-state index in [1.54, 1.807) is 7.11 Å². The standard InChI is InChI=1S/C29H38N6O3/c1-38-24-6-7-25-21(16-24)9-15-35(29(37)32-25)23-10-13-33(14-11-23)27-17-26(30-19-31-27)28(36)34-12-8-20-4-2-3-5-22(20)18-34/h6-7,16-17,19-20,22-23H,2-5,8-15,18H2,1H3,(H,32,37). The summed E-state index contributed by atoms with van der Waals surface area (Å²) in [6.07, 6.45) is 10.3. The molecule has 9 heteroatoms. The minimum absolute atomic E-state index is 0.0324. The van der Waals surface area contributed by atoms with Crippen molar-refractivity contribution < 1.29 is 14.3 Å². The number of hydrogen-bond acceptors (Lipinski definition) is 6. The lowest BCUT2D eigenvalue weighted by Gasteiger charge is -2.41. The predicted octanol–water partition coefficient (Wildman–Crippen LogP) is 4.20. The summed E-state index contributed by atoms with van der Waals surface area (Å²) < 4.78 is 5.36. The van der Waals surface area contributed by atoms with Crippen molar-refractivity contribution in [2.24, 2.45) is 11.8 Å². The van der Waals surface area contributed by atoms with Gasteiger partial charge in [0.1, 0.15) is 23.6 Å². The zero-order valence-corrected chi connectivity index (χ0v) is 22.3. The van der Waals surface area contributed by atoms with Gasteiger partial charge in [-0.05, 0) is 67.7 Å². The molecular formula is C29H38N6O3. The molecule has 9 nitrogen and oxygen atoms in total. The Hall–Kier alpha value is -3.36. The van der Waals surface area contributed by atoms with E-state index in [0.29, 0.717) is 18.2 Å². The van der Waals surface area contributed by atoms with Gasteiger partial charge < -0.3 is 24.8 Å². The first kappa shape index (κ1) is 24.9. The second-order valence-electron chi connectivity index (χ2n) is 11.2. The zero-order chi connectivity index (χ0) is 26.1. The molecule has 2 atom stereocenters. The predicted molar refractivity (Wildman–Crippen MR) is 146 cm³/mol. The molecule has 3 aliphatic heterocycles. The van der Waals surface area contributed by atoms with Crippen LogP contribution in [-0.4, -0.2) is 77.6 Å². The molecule has 1 saturated carbocycles. The number of benzene rings is 1. The largest absolute Gasteiger partial charge is 0.497 e. The molecular weight excluding hydrogens is 480 g/mol. The second-order valence-corrected chi connectivity index (χ2v) is 11.2. The average Bonchev–Trinajstić information content (AvgIpc) is 3.14. The molecule has 202 valence electrons. The quantitative estimate of drug-likeness (QED) is 0.653. The number of nitrogens with one attached hydrogen (secondary N) is 1. The van der Waals surface area contributed by atoms with Gasteiger partial charge in [0, 0.05) is 50.5 Å². The molecule has 0 radical (unpaired) electrons. The van der Waals surface area contributed by atoms with Crippen LogP contribution in [0.5, 0.6) is 5.75 Å². The normalized spacial score (nSPS) is 24.2. The van der Waals surface area contributed by atoms with Gasteiger partial charge in [-0.15, -0.1) is 0 Å². The molecule has 38 heavy (non-hydrogen) atoms. The topological polar surface area (TPSA) is 90.9 Å². The van der Waals surface area contributed by atoms with E-state index < -0.39 is 0 Å². The molecule has 6 rings (SSSR count). The lowest BCUT2D eigenvalue weighted by molar-refractivity contribution is 0.0515. The molecule has 4 heterocycles. The number of carbonyl (C=O) groups excluding carboxylic acids is 2. The first-order chi connectivity index (χ1) is 18.6. The number of aromatic nitrogens is 2. The average molecular weight is 519 g/mol. The number of rotatable bonds is 4. The highest BCUT2D eigenvalue weighted by molar-refractivity contribution is 5.93. The van der Waals surface area contributed by atoms with Crippen molar-refractivity contribution in [3.8, 4) is 5.75 Å². The molecule has 3 fully saturated rings. The van der Waals surface area contributed by atoms with Crippen LogP contribution in [-0.2, 0) is 6.42 Å². The number of anilines is 2. The number of hydrogen-bond donors (Lipinski definition) is 1. The van der Waals surface area contributed by atoms with Crippen molar-refractivity contribution in [2.45, 2.75) is 57.4 Å². The van der Waals surface area contributed by atoms with Gasteiger partial charge >= 0.3 is 6.03 Å². The molecule has 3 amide bonds. The van der Waals surface area contributed by atoms with Crippen molar-refractivity contribution in [3.63, 3.8) is 0 Å². The molecule has 2 aromatic rings. The Bertz CT molecular complexity index is 1180. The molecule has 1 N–H and O–H groups in total. The molecule has 1 aromatic carbocycles. The first-order valence-electron chi connectivity index (χ1n) is 14.2. The van der Waals surface area contributed by atoms with Gasteiger partial charge in [0.05, 0.1) is 7.11 Å². The second kappa shape index (κ2) is 10.8. The Morgan fingerprint density at radius 2 is 1.79 bits per heavy atom. The summed E-state index contributed by atoms with van der Waals surface area (Å²) in [5, 5.41) is 3.09. The summed E-state index contributed by atoms with van der Waals surface area (Å²) in [5.74, 6) is 3.08. The molecule has 0 bridgehead atoms. The Kier molecular flexibility index (Phi) is 7.08. The SMILES string of the molecule is COc1ccc2c(c1)CCN(C1CCN(c3cc(C(=O)N4CCC5CCCCC5C4)ncn3)CC1)C(=O)N2. The van der Waals surface area contributed by atoms with Crippen molar-refractivity contribution in [2.75, 3.05) is 50.1 Å². The maximum absolute atomic E-state index is 13.3. The summed E-state index contributed by atoms with van der Waals surface area (Å²) in [6, 6.07) is 7.80. The molecule has 1 aromatic heterocycles. The molecule has 2 saturated heterocycles. The minimum atomic E-state index is -0.0379. The van der Waals surface area contributed by atoms with Gasteiger partial charge in [-0.1, -0.05) is 19.3 Å². The highest BCUT2D eigenvalue weighted by Gasteiger charge is 2.34. The Balaban J connectivity index is 1.07. The third-order valence-electron chi connectivity index (χ3n) is 9.12. The van der Waals surface area contributed by atoms with Gasteiger partial charge in [0.15, 0.2) is 0 Å². The fraction of sp³-hybridized carbons (Fsp3) is 0.586. The summed E-state index contributed by atoms with van der Waals surface area (Å²) in [5.41, 5.74) is 2.46. The number of likely N-dealkylation sites (tertiary alicyclic amines) is 1. The van der Waals surface area contributed by atoms with Crippen LogP contribution < -0.4 is 15.0 Å². The van der Waals surface area contributed by atoms with E-state index in [9.17, 15) is 9.59 Å². The first-order valence-corrected chi connectivity index (χ1v) is 14.2. The van der Waals surface area contributed by atoms with Crippen LogP contribution >= 0.6 is 0 Å².